The van der Waals surface area contributed by atoms with Crippen LogP contribution in [0.3, 0.4) is 0 Å². The summed E-state index contributed by atoms with van der Waals surface area (Å²) >= 11 is 0. The van der Waals surface area contributed by atoms with Gasteiger partial charge in [0.05, 0.1) is 23.5 Å². The van der Waals surface area contributed by atoms with Gasteiger partial charge >= 0.3 is 6.09 Å². The maximum atomic E-state index is 12.4. The van der Waals surface area contributed by atoms with Crippen molar-refractivity contribution in [2.45, 2.75) is 46.4 Å². The average molecular weight is 338 g/mol. The largest absolute Gasteiger partial charge is 0.444 e. The predicted molar refractivity (Wildman–Crippen MR) is 93.8 cm³/mol. The number of fused-ring (bicyclic) bond motifs is 1. The van der Waals surface area contributed by atoms with Gasteiger partial charge in [0, 0.05) is 31.0 Å². The minimum absolute atomic E-state index is 0.344. The van der Waals surface area contributed by atoms with Gasteiger partial charge in [-0.05, 0) is 45.4 Å². The number of rotatable bonds is 1. The highest BCUT2D eigenvalue weighted by molar-refractivity contribution is 5.70. The Hall–Kier alpha value is -2.81. The fourth-order valence-electron chi connectivity index (χ4n) is 3.03. The van der Waals surface area contributed by atoms with E-state index in [1.54, 1.807) is 11.1 Å². The number of nitriles is 1. The van der Waals surface area contributed by atoms with Gasteiger partial charge < -0.3 is 14.2 Å². The van der Waals surface area contributed by atoms with Gasteiger partial charge in [-0.3, -0.25) is 4.98 Å². The molecule has 0 N–H and O–H groups in total. The van der Waals surface area contributed by atoms with Crippen LogP contribution in [0.4, 0.5) is 4.79 Å². The number of hydrogen-bond acceptors (Lipinski definition) is 4. The van der Waals surface area contributed by atoms with Crippen LogP contribution in [0, 0.1) is 18.3 Å². The first-order valence-electron chi connectivity index (χ1n) is 8.31. The molecule has 0 aliphatic carbocycles. The van der Waals surface area contributed by atoms with E-state index in [0.717, 1.165) is 22.5 Å². The molecule has 1 aliphatic rings. The molecule has 0 atom stereocenters. The van der Waals surface area contributed by atoms with Gasteiger partial charge in [-0.1, -0.05) is 0 Å². The SMILES string of the molecule is Cc1ccncc1-c1cc(C#N)c2n1CCN(C(=O)OC(C)(C)C)C2. The molecule has 0 radical (unpaired) electrons. The standard InChI is InChI=1S/C19H22N4O2/c1-13-5-6-21-11-15(13)16-9-14(10-20)17-12-22(7-8-23(16)17)18(24)25-19(2,3)4/h5-6,9,11H,7-8,12H2,1-4H3. The number of carbonyl (C=O) groups is 1. The van der Waals surface area contributed by atoms with Gasteiger partial charge in [-0.25, -0.2) is 4.79 Å². The summed E-state index contributed by atoms with van der Waals surface area (Å²) in [6, 6.07) is 6.09. The molecule has 0 fully saturated rings. The summed E-state index contributed by atoms with van der Waals surface area (Å²) in [5.41, 5.74) is 3.99. The van der Waals surface area contributed by atoms with E-state index in [1.807, 2.05) is 46.0 Å². The fourth-order valence-corrected chi connectivity index (χ4v) is 3.03. The highest BCUT2D eigenvalue weighted by Gasteiger charge is 2.29. The van der Waals surface area contributed by atoms with Gasteiger partial charge in [-0.15, -0.1) is 0 Å². The average Bonchev–Trinajstić information content (AvgIpc) is 2.91. The van der Waals surface area contributed by atoms with E-state index < -0.39 is 5.60 Å². The highest BCUT2D eigenvalue weighted by Crippen LogP contribution is 2.31. The Balaban J connectivity index is 1.95. The van der Waals surface area contributed by atoms with Crippen LogP contribution in [-0.4, -0.2) is 32.7 Å². The molecule has 0 saturated carbocycles. The Morgan fingerprint density at radius 3 is 2.76 bits per heavy atom. The fraction of sp³-hybridized carbons (Fsp3) is 0.421. The van der Waals surface area contributed by atoms with E-state index in [0.29, 0.717) is 25.2 Å². The first-order valence-corrected chi connectivity index (χ1v) is 8.31. The number of amides is 1. The van der Waals surface area contributed by atoms with E-state index in [4.69, 9.17) is 4.74 Å². The third-order valence-electron chi connectivity index (χ3n) is 4.23. The normalized spacial score (nSPS) is 14.0. The van der Waals surface area contributed by atoms with Crippen molar-refractivity contribution in [3.63, 3.8) is 0 Å². The van der Waals surface area contributed by atoms with Crippen LogP contribution in [0.5, 0.6) is 0 Å². The van der Waals surface area contributed by atoms with E-state index in [2.05, 4.69) is 15.6 Å². The highest BCUT2D eigenvalue weighted by atomic mass is 16.6. The van der Waals surface area contributed by atoms with Gasteiger partial charge in [0.1, 0.15) is 11.7 Å². The summed E-state index contributed by atoms with van der Waals surface area (Å²) in [6.07, 6.45) is 3.23. The topological polar surface area (TPSA) is 71.2 Å². The van der Waals surface area contributed by atoms with Gasteiger partial charge in [0.2, 0.25) is 0 Å². The van der Waals surface area contributed by atoms with Gasteiger partial charge in [0.25, 0.3) is 0 Å². The van der Waals surface area contributed by atoms with Crippen molar-refractivity contribution in [1.82, 2.24) is 14.5 Å². The zero-order valence-corrected chi connectivity index (χ0v) is 15.0. The van der Waals surface area contributed by atoms with Gasteiger partial charge in [-0.2, -0.15) is 5.26 Å². The van der Waals surface area contributed by atoms with Crippen molar-refractivity contribution in [3.8, 4) is 17.3 Å². The van der Waals surface area contributed by atoms with E-state index >= 15 is 0 Å². The summed E-state index contributed by atoms with van der Waals surface area (Å²) in [5, 5.41) is 9.52. The van der Waals surface area contributed by atoms with Crippen molar-refractivity contribution < 1.29 is 9.53 Å². The quantitative estimate of drug-likeness (QED) is 0.798. The van der Waals surface area contributed by atoms with Crippen molar-refractivity contribution in [1.29, 1.82) is 5.26 Å². The Morgan fingerprint density at radius 2 is 2.12 bits per heavy atom. The second kappa shape index (κ2) is 6.25. The lowest BCUT2D eigenvalue weighted by Gasteiger charge is -2.32. The summed E-state index contributed by atoms with van der Waals surface area (Å²) in [7, 11) is 0. The molecule has 1 aliphatic heterocycles. The zero-order valence-electron chi connectivity index (χ0n) is 15.0. The Labute approximate surface area is 147 Å². The summed E-state index contributed by atoms with van der Waals surface area (Å²) < 4.78 is 7.58. The number of aromatic nitrogens is 2. The van der Waals surface area contributed by atoms with E-state index in [-0.39, 0.29) is 6.09 Å². The van der Waals surface area contributed by atoms with Crippen LogP contribution < -0.4 is 0 Å². The Kier molecular flexibility index (Phi) is 4.25. The second-order valence-electron chi connectivity index (χ2n) is 7.25. The first-order chi connectivity index (χ1) is 11.8. The molecule has 0 aromatic carbocycles. The number of pyridine rings is 1. The molecular weight excluding hydrogens is 316 g/mol. The van der Waals surface area contributed by atoms with Crippen LogP contribution in [-0.2, 0) is 17.8 Å². The summed E-state index contributed by atoms with van der Waals surface area (Å²) in [6.45, 7) is 9.12. The zero-order chi connectivity index (χ0) is 18.2. The first kappa shape index (κ1) is 17.0. The maximum absolute atomic E-state index is 12.4. The lowest BCUT2D eigenvalue weighted by molar-refractivity contribution is 0.0199. The maximum Gasteiger partial charge on any atom is 0.410 e. The van der Waals surface area contributed by atoms with E-state index in [9.17, 15) is 10.1 Å². The Morgan fingerprint density at radius 1 is 1.36 bits per heavy atom. The molecule has 2 aromatic rings. The van der Waals surface area contributed by atoms with Crippen LogP contribution in [0.1, 0.15) is 37.6 Å². The third-order valence-corrected chi connectivity index (χ3v) is 4.23. The van der Waals surface area contributed by atoms with Crippen molar-refractivity contribution >= 4 is 6.09 Å². The van der Waals surface area contributed by atoms with Gasteiger partial charge in [0.15, 0.2) is 0 Å². The molecule has 1 amide bonds. The molecule has 0 saturated heterocycles. The number of hydrogen-bond donors (Lipinski definition) is 0. The molecule has 0 bridgehead atoms. The van der Waals surface area contributed by atoms with Crippen LogP contribution >= 0.6 is 0 Å². The number of carbonyl (C=O) groups excluding carboxylic acids is 1. The summed E-state index contributed by atoms with van der Waals surface area (Å²) in [4.78, 5) is 18.2. The Bertz CT molecular complexity index is 855. The lowest BCUT2D eigenvalue weighted by atomic mass is 10.1. The molecule has 0 spiro atoms. The smallest absolute Gasteiger partial charge is 0.410 e. The molecule has 3 heterocycles. The minimum Gasteiger partial charge on any atom is -0.444 e. The molecule has 6 heteroatoms. The second-order valence-corrected chi connectivity index (χ2v) is 7.25. The molecule has 130 valence electrons. The minimum atomic E-state index is -0.535. The molecule has 3 rings (SSSR count). The number of ether oxygens (including phenoxy) is 1. The summed E-state index contributed by atoms with van der Waals surface area (Å²) in [5.74, 6) is 0. The van der Waals surface area contributed by atoms with Crippen molar-refractivity contribution in [2.75, 3.05) is 6.54 Å². The third kappa shape index (κ3) is 3.36. The lowest BCUT2D eigenvalue weighted by Crippen LogP contribution is -2.41. The number of aryl methyl sites for hydroxylation is 1. The number of nitrogens with zero attached hydrogens (tertiary/aromatic N) is 4. The predicted octanol–water partition coefficient (Wildman–Crippen LogP) is 3.48. The van der Waals surface area contributed by atoms with Crippen LogP contribution in [0.25, 0.3) is 11.3 Å². The molecule has 2 aromatic heterocycles. The van der Waals surface area contributed by atoms with E-state index in [1.165, 1.54) is 0 Å². The van der Waals surface area contributed by atoms with Crippen LogP contribution in [0.15, 0.2) is 24.5 Å². The monoisotopic (exact) mass is 338 g/mol. The van der Waals surface area contributed by atoms with Crippen molar-refractivity contribution in [3.05, 3.63) is 41.3 Å². The van der Waals surface area contributed by atoms with Crippen LogP contribution in [0.2, 0.25) is 0 Å². The molecule has 25 heavy (non-hydrogen) atoms. The molecule has 6 nitrogen and oxygen atoms in total. The van der Waals surface area contributed by atoms with Crippen molar-refractivity contribution in [2.24, 2.45) is 0 Å². The molecule has 0 unspecified atom stereocenters. The molecular formula is C19H22N4O2.